The number of nitrogens with zero attached hydrogens (tertiary/aromatic N) is 1. The Morgan fingerprint density at radius 3 is 2.95 bits per heavy atom. The van der Waals surface area contributed by atoms with Crippen LogP contribution in [0, 0.1) is 0 Å². The molecule has 1 heterocycles. The number of aromatic hydroxyl groups is 1. The van der Waals surface area contributed by atoms with Gasteiger partial charge in [-0.25, -0.2) is 0 Å². The molecule has 0 bridgehead atoms. The van der Waals surface area contributed by atoms with E-state index in [4.69, 9.17) is 0 Å². The third-order valence-corrected chi connectivity index (χ3v) is 3.07. The molecule has 1 aromatic heterocycles. The smallest absolute Gasteiger partial charge is 0.321 e. The summed E-state index contributed by atoms with van der Waals surface area (Å²) in [4.78, 5) is 15.4. The van der Waals surface area contributed by atoms with Crippen LogP contribution < -0.4 is 5.32 Å². The first-order valence-corrected chi connectivity index (χ1v) is 6.26. The van der Waals surface area contributed by atoms with Crippen LogP contribution in [0.3, 0.4) is 0 Å². The van der Waals surface area contributed by atoms with Crippen LogP contribution in [0.2, 0.25) is 0 Å². The summed E-state index contributed by atoms with van der Waals surface area (Å²) >= 11 is 0. The molecule has 0 spiro atoms. The van der Waals surface area contributed by atoms with Crippen molar-refractivity contribution in [1.82, 2.24) is 10.3 Å². The van der Waals surface area contributed by atoms with Crippen LogP contribution in [0.25, 0.3) is 10.9 Å². The van der Waals surface area contributed by atoms with Gasteiger partial charge in [-0.2, -0.15) is 0 Å². The number of hydrogen-bond donors (Lipinski definition) is 3. The van der Waals surface area contributed by atoms with Crippen molar-refractivity contribution < 1.29 is 15.0 Å². The number of carboxylic acid groups (broad SMARTS) is 1. The lowest BCUT2D eigenvalue weighted by Crippen LogP contribution is -2.38. The number of aromatic nitrogens is 1. The van der Waals surface area contributed by atoms with Crippen molar-refractivity contribution in [2.45, 2.75) is 12.5 Å². The maximum atomic E-state index is 11.3. The van der Waals surface area contributed by atoms with Gasteiger partial charge in [0.1, 0.15) is 17.3 Å². The molecule has 0 unspecified atom stereocenters. The summed E-state index contributed by atoms with van der Waals surface area (Å²) in [7, 11) is 0. The number of fused-ring (bicyclic) bond motifs is 1. The number of rotatable bonds is 6. The Bertz CT molecular complexity index is 640. The molecule has 2 aromatic rings. The van der Waals surface area contributed by atoms with Crippen molar-refractivity contribution in [3.05, 3.63) is 48.7 Å². The molecule has 3 N–H and O–H groups in total. The SMILES string of the molecule is C=CCN[C@@H](Cc1ccc(O)c2ncccc12)C(=O)O. The quantitative estimate of drug-likeness (QED) is 0.697. The van der Waals surface area contributed by atoms with Crippen molar-refractivity contribution in [2.24, 2.45) is 0 Å². The van der Waals surface area contributed by atoms with Crippen LogP contribution in [0.1, 0.15) is 5.56 Å². The van der Waals surface area contributed by atoms with E-state index in [1.165, 1.54) is 6.07 Å². The van der Waals surface area contributed by atoms with E-state index in [2.05, 4.69) is 16.9 Å². The minimum atomic E-state index is -0.919. The van der Waals surface area contributed by atoms with Gasteiger partial charge in [0.05, 0.1) is 0 Å². The zero-order valence-electron chi connectivity index (χ0n) is 10.9. The number of phenols is 1. The Morgan fingerprint density at radius 2 is 2.25 bits per heavy atom. The molecule has 0 aliphatic heterocycles. The number of benzene rings is 1. The highest BCUT2D eigenvalue weighted by atomic mass is 16.4. The molecule has 2 rings (SSSR count). The summed E-state index contributed by atoms with van der Waals surface area (Å²) in [6.07, 6.45) is 3.52. The van der Waals surface area contributed by atoms with Gasteiger partial charge in [-0.3, -0.25) is 9.78 Å². The maximum Gasteiger partial charge on any atom is 0.321 e. The number of hydrogen-bond acceptors (Lipinski definition) is 4. The average molecular weight is 272 g/mol. The molecule has 5 heteroatoms. The molecule has 0 saturated carbocycles. The lowest BCUT2D eigenvalue weighted by atomic mass is 10.0. The van der Waals surface area contributed by atoms with Gasteiger partial charge in [-0.1, -0.05) is 18.2 Å². The largest absolute Gasteiger partial charge is 0.506 e. The van der Waals surface area contributed by atoms with Crippen LogP contribution in [-0.4, -0.2) is 33.8 Å². The summed E-state index contributed by atoms with van der Waals surface area (Å²) in [6, 6.07) is 6.14. The number of nitrogens with one attached hydrogen (secondary N) is 1. The molecule has 0 amide bonds. The minimum Gasteiger partial charge on any atom is -0.506 e. The van der Waals surface area contributed by atoms with Crippen LogP contribution in [0.15, 0.2) is 43.1 Å². The molecule has 0 saturated heterocycles. The lowest BCUT2D eigenvalue weighted by Gasteiger charge is -2.15. The molecule has 0 aliphatic rings. The van der Waals surface area contributed by atoms with Gasteiger partial charge in [-0.15, -0.1) is 6.58 Å². The van der Waals surface area contributed by atoms with E-state index in [1.807, 2.05) is 6.07 Å². The van der Waals surface area contributed by atoms with E-state index in [0.717, 1.165) is 10.9 Å². The van der Waals surface area contributed by atoms with Crippen LogP contribution >= 0.6 is 0 Å². The van der Waals surface area contributed by atoms with Gasteiger partial charge in [0.15, 0.2) is 0 Å². The van der Waals surface area contributed by atoms with Crippen molar-refractivity contribution in [1.29, 1.82) is 0 Å². The standard InChI is InChI=1S/C15H16N2O3/c1-2-7-16-12(15(19)20)9-10-5-6-13(18)14-11(10)4-3-8-17-14/h2-6,8,12,16,18H,1,7,9H2,(H,19,20)/t12-/m0/s1. The molecule has 1 aromatic carbocycles. The Hall–Kier alpha value is -2.40. The van der Waals surface area contributed by atoms with E-state index in [-0.39, 0.29) is 5.75 Å². The summed E-state index contributed by atoms with van der Waals surface area (Å²) in [5.41, 5.74) is 1.31. The highest BCUT2D eigenvalue weighted by molar-refractivity contribution is 5.87. The molecule has 20 heavy (non-hydrogen) atoms. The Kier molecular flexibility index (Phi) is 4.32. The van der Waals surface area contributed by atoms with E-state index >= 15 is 0 Å². The third kappa shape index (κ3) is 2.95. The van der Waals surface area contributed by atoms with Crippen molar-refractivity contribution in [2.75, 3.05) is 6.54 Å². The minimum absolute atomic E-state index is 0.0928. The Morgan fingerprint density at radius 1 is 1.45 bits per heavy atom. The zero-order chi connectivity index (χ0) is 14.5. The Balaban J connectivity index is 2.35. The van der Waals surface area contributed by atoms with Crippen molar-refractivity contribution in [3.8, 4) is 5.75 Å². The molecule has 0 aliphatic carbocycles. The van der Waals surface area contributed by atoms with E-state index in [9.17, 15) is 15.0 Å². The number of aliphatic carboxylic acids is 1. The van der Waals surface area contributed by atoms with Crippen LogP contribution in [-0.2, 0) is 11.2 Å². The van der Waals surface area contributed by atoms with E-state index < -0.39 is 12.0 Å². The number of carbonyl (C=O) groups is 1. The zero-order valence-corrected chi connectivity index (χ0v) is 10.9. The van der Waals surface area contributed by atoms with Crippen molar-refractivity contribution >= 4 is 16.9 Å². The fraction of sp³-hybridized carbons (Fsp3) is 0.200. The highest BCUT2D eigenvalue weighted by Crippen LogP contribution is 2.26. The first-order chi connectivity index (χ1) is 9.63. The van der Waals surface area contributed by atoms with Crippen molar-refractivity contribution in [3.63, 3.8) is 0 Å². The molecular weight excluding hydrogens is 256 g/mol. The second kappa shape index (κ2) is 6.16. The molecular formula is C15H16N2O3. The van der Waals surface area contributed by atoms with E-state index in [1.54, 1.807) is 24.4 Å². The lowest BCUT2D eigenvalue weighted by molar-refractivity contribution is -0.139. The van der Waals surface area contributed by atoms with E-state index in [0.29, 0.717) is 18.5 Å². The predicted molar refractivity (Wildman–Crippen MR) is 76.7 cm³/mol. The fourth-order valence-electron chi connectivity index (χ4n) is 2.09. The average Bonchev–Trinajstić information content (AvgIpc) is 2.45. The monoisotopic (exact) mass is 272 g/mol. The summed E-state index contributed by atoms with van der Waals surface area (Å²) in [5, 5.41) is 22.7. The molecule has 5 nitrogen and oxygen atoms in total. The molecule has 1 atom stereocenters. The van der Waals surface area contributed by atoms with Gasteiger partial charge in [0, 0.05) is 18.1 Å². The second-order valence-electron chi connectivity index (χ2n) is 4.44. The van der Waals surface area contributed by atoms with Crippen LogP contribution in [0.4, 0.5) is 0 Å². The predicted octanol–water partition coefficient (Wildman–Crippen LogP) is 1.71. The maximum absolute atomic E-state index is 11.3. The van der Waals surface area contributed by atoms with Gasteiger partial charge in [0.25, 0.3) is 0 Å². The van der Waals surface area contributed by atoms with Gasteiger partial charge < -0.3 is 15.5 Å². The first kappa shape index (κ1) is 14.0. The van der Waals surface area contributed by atoms with Crippen LogP contribution in [0.5, 0.6) is 5.75 Å². The first-order valence-electron chi connectivity index (χ1n) is 6.26. The normalized spacial score (nSPS) is 12.2. The molecule has 0 radical (unpaired) electrons. The van der Waals surface area contributed by atoms with Gasteiger partial charge >= 0.3 is 5.97 Å². The molecule has 0 fully saturated rings. The fourth-order valence-corrected chi connectivity index (χ4v) is 2.09. The molecule has 104 valence electrons. The van der Waals surface area contributed by atoms with Gasteiger partial charge in [-0.05, 0) is 24.1 Å². The summed E-state index contributed by atoms with van der Waals surface area (Å²) in [6.45, 7) is 3.98. The number of carboxylic acids is 1. The summed E-state index contributed by atoms with van der Waals surface area (Å²) in [5.74, 6) is -0.827. The topological polar surface area (TPSA) is 82.5 Å². The van der Waals surface area contributed by atoms with Gasteiger partial charge in [0.2, 0.25) is 0 Å². The number of phenolic OH excluding ortho intramolecular Hbond substituents is 1. The number of pyridine rings is 1. The second-order valence-corrected chi connectivity index (χ2v) is 4.44. The highest BCUT2D eigenvalue weighted by Gasteiger charge is 2.18. The Labute approximate surface area is 116 Å². The third-order valence-electron chi connectivity index (χ3n) is 3.07. The summed E-state index contributed by atoms with van der Waals surface area (Å²) < 4.78 is 0.